The molecule has 0 radical (unpaired) electrons. The van der Waals surface area contributed by atoms with E-state index in [2.05, 4.69) is 26.1 Å². The average Bonchev–Trinajstić information content (AvgIpc) is 3.38. The lowest BCUT2D eigenvalue weighted by Crippen LogP contribution is -2.23. The number of hydrogen-bond donors (Lipinski definition) is 0. The van der Waals surface area contributed by atoms with Gasteiger partial charge in [-0.15, -0.1) is 0 Å². The smallest absolute Gasteiger partial charge is 0.244 e. The van der Waals surface area contributed by atoms with Crippen molar-refractivity contribution < 1.29 is 14.0 Å². The zero-order chi connectivity index (χ0) is 18.6. The van der Waals surface area contributed by atoms with Gasteiger partial charge in [0.15, 0.2) is 0 Å². The highest BCUT2D eigenvalue weighted by atomic mass is 16.5. The second-order valence-corrected chi connectivity index (χ2v) is 6.49. The Morgan fingerprint density at radius 2 is 2.04 bits per heavy atom. The Balaban J connectivity index is 1.53. The second-order valence-electron chi connectivity index (χ2n) is 6.49. The number of aromatic nitrogens is 3. The van der Waals surface area contributed by atoms with Gasteiger partial charge in [0.05, 0.1) is 20.3 Å². The number of hydrogen-bond acceptors (Lipinski definition) is 7. The first-order valence-electron chi connectivity index (χ1n) is 8.98. The Hall–Kier alpha value is -2.93. The summed E-state index contributed by atoms with van der Waals surface area (Å²) in [4.78, 5) is 11.2. The van der Waals surface area contributed by atoms with Crippen LogP contribution in [0.2, 0.25) is 0 Å². The normalized spacial score (nSPS) is 17.2. The third-order valence-corrected chi connectivity index (χ3v) is 4.86. The van der Waals surface area contributed by atoms with Gasteiger partial charge >= 0.3 is 0 Å². The molecule has 27 heavy (non-hydrogen) atoms. The first-order valence-corrected chi connectivity index (χ1v) is 8.98. The van der Waals surface area contributed by atoms with Crippen molar-refractivity contribution in [2.24, 2.45) is 0 Å². The Bertz CT molecular complexity index is 894. The van der Waals surface area contributed by atoms with Crippen molar-refractivity contribution in [3.63, 3.8) is 0 Å². The Morgan fingerprint density at radius 1 is 1.15 bits per heavy atom. The molecule has 2 aromatic heterocycles. The highest BCUT2D eigenvalue weighted by molar-refractivity contribution is 5.53. The minimum absolute atomic E-state index is 0.113. The SMILES string of the molecule is COc1ccc(-c2noc(C3CCCN3Cc3ccccc3OC)n2)cn1. The van der Waals surface area contributed by atoms with E-state index in [-0.39, 0.29) is 6.04 Å². The van der Waals surface area contributed by atoms with Gasteiger partial charge in [-0.3, -0.25) is 4.90 Å². The van der Waals surface area contributed by atoms with Gasteiger partial charge in [-0.1, -0.05) is 23.4 Å². The fraction of sp³-hybridized carbons (Fsp3) is 0.350. The fourth-order valence-corrected chi connectivity index (χ4v) is 3.47. The number of likely N-dealkylation sites (tertiary alicyclic amines) is 1. The minimum atomic E-state index is 0.113. The van der Waals surface area contributed by atoms with E-state index in [0.717, 1.165) is 42.8 Å². The summed E-state index contributed by atoms with van der Waals surface area (Å²) in [5.74, 6) is 2.65. The maximum Gasteiger partial charge on any atom is 0.244 e. The standard InChI is InChI=1S/C20H22N4O3/c1-25-17-8-4-3-6-15(17)13-24-11-5-7-16(24)20-22-19(23-27-20)14-9-10-18(26-2)21-12-14/h3-4,6,8-10,12,16H,5,7,11,13H2,1-2H3. The van der Waals surface area contributed by atoms with Crippen molar-refractivity contribution in [3.05, 3.63) is 54.0 Å². The van der Waals surface area contributed by atoms with Crippen molar-refractivity contribution in [1.29, 1.82) is 0 Å². The van der Waals surface area contributed by atoms with Crippen LogP contribution in [0.3, 0.4) is 0 Å². The maximum atomic E-state index is 5.59. The van der Waals surface area contributed by atoms with E-state index in [9.17, 15) is 0 Å². The molecule has 3 heterocycles. The molecule has 0 N–H and O–H groups in total. The summed E-state index contributed by atoms with van der Waals surface area (Å²) < 4.78 is 16.2. The monoisotopic (exact) mass is 366 g/mol. The highest BCUT2D eigenvalue weighted by Crippen LogP contribution is 2.34. The molecular formula is C20H22N4O3. The van der Waals surface area contributed by atoms with Crippen LogP contribution in [0, 0.1) is 0 Å². The van der Waals surface area contributed by atoms with Crippen LogP contribution in [-0.4, -0.2) is 40.8 Å². The largest absolute Gasteiger partial charge is 0.496 e. The second kappa shape index (κ2) is 7.75. The number of nitrogens with zero attached hydrogens (tertiary/aromatic N) is 4. The Kier molecular flexibility index (Phi) is 5.02. The molecule has 1 unspecified atom stereocenters. The molecular weight excluding hydrogens is 344 g/mol. The molecule has 0 bridgehead atoms. The zero-order valence-electron chi connectivity index (χ0n) is 15.5. The van der Waals surface area contributed by atoms with Gasteiger partial charge in [-0.2, -0.15) is 4.98 Å². The molecule has 0 spiro atoms. The van der Waals surface area contributed by atoms with Gasteiger partial charge < -0.3 is 14.0 Å². The van der Waals surface area contributed by atoms with Crippen LogP contribution < -0.4 is 9.47 Å². The van der Waals surface area contributed by atoms with Crippen LogP contribution in [0.1, 0.15) is 30.3 Å². The van der Waals surface area contributed by atoms with E-state index in [4.69, 9.17) is 14.0 Å². The van der Waals surface area contributed by atoms with Gasteiger partial charge in [0.2, 0.25) is 17.6 Å². The van der Waals surface area contributed by atoms with Crippen LogP contribution >= 0.6 is 0 Å². The predicted molar refractivity (Wildman–Crippen MR) is 99.5 cm³/mol. The van der Waals surface area contributed by atoms with Crippen molar-refractivity contribution in [1.82, 2.24) is 20.0 Å². The highest BCUT2D eigenvalue weighted by Gasteiger charge is 2.31. The van der Waals surface area contributed by atoms with Crippen molar-refractivity contribution >= 4 is 0 Å². The van der Waals surface area contributed by atoms with Crippen LogP contribution in [0.25, 0.3) is 11.4 Å². The summed E-state index contributed by atoms with van der Waals surface area (Å²) in [6.45, 7) is 1.78. The third kappa shape index (κ3) is 3.64. The molecule has 0 amide bonds. The summed E-state index contributed by atoms with van der Waals surface area (Å²) in [6, 6.07) is 11.9. The van der Waals surface area contributed by atoms with E-state index < -0.39 is 0 Å². The molecule has 1 aromatic carbocycles. The molecule has 7 heteroatoms. The first-order chi connectivity index (χ1) is 13.3. The molecule has 0 aliphatic carbocycles. The predicted octanol–water partition coefficient (Wildman–Crippen LogP) is 3.49. The van der Waals surface area contributed by atoms with Gasteiger partial charge in [-0.05, 0) is 31.5 Å². The molecule has 1 fully saturated rings. The molecule has 3 aromatic rings. The summed E-state index contributed by atoms with van der Waals surface area (Å²) in [6.07, 6.45) is 3.79. The van der Waals surface area contributed by atoms with Crippen LogP contribution in [0.5, 0.6) is 11.6 Å². The third-order valence-electron chi connectivity index (χ3n) is 4.86. The quantitative estimate of drug-likeness (QED) is 0.661. The molecule has 140 valence electrons. The van der Waals surface area contributed by atoms with Crippen molar-refractivity contribution in [2.45, 2.75) is 25.4 Å². The lowest BCUT2D eigenvalue weighted by molar-refractivity contribution is 0.199. The van der Waals surface area contributed by atoms with Gasteiger partial charge in [0, 0.05) is 29.9 Å². The molecule has 1 aliphatic heterocycles. The van der Waals surface area contributed by atoms with Crippen LogP contribution in [0.4, 0.5) is 0 Å². The molecule has 1 saturated heterocycles. The van der Waals surface area contributed by atoms with E-state index in [1.807, 2.05) is 24.3 Å². The summed E-state index contributed by atoms with van der Waals surface area (Å²) in [7, 11) is 3.29. The van der Waals surface area contributed by atoms with Crippen molar-refractivity contribution in [3.8, 4) is 23.0 Å². The molecule has 1 aliphatic rings. The van der Waals surface area contributed by atoms with Gasteiger partial charge in [0.1, 0.15) is 5.75 Å². The lowest BCUT2D eigenvalue weighted by Gasteiger charge is -2.22. The molecule has 4 rings (SSSR count). The molecule has 7 nitrogen and oxygen atoms in total. The molecule has 1 atom stereocenters. The fourth-order valence-electron chi connectivity index (χ4n) is 3.47. The Morgan fingerprint density at radius 3 is 2.81 bits per heavy atom. The van der Waals surface area contributed by atoms with Crippen molar-refractivity contribution in [2.75, 3.05) is 20.8 Å². The van der Waals surface area contributed by atoms with Gasteiger partial charge in [-0.25, -0.2) is 4.98 Å². The summed E-state index contributed by atoms with van der Waals surface area (Å²) >= 11 is 0. The summed E-state index contributed by atoms with van der Waals surface area (Å²) in [5.41, 5.74) is 1.96. The number of rotatable bonds is 6. The maximum absolute atomic E-state index is 5.59. The number of pyridine rings is 1. The van der Waals surface area contributed by atoms with Gasteiger partial charge in [0.25, 0.3) is 0 Å². The van der Waals surface area contributed by atoms with Crippen LogP contribution in [0.15, 0.2) is 47.1 Å². The molecule has 0 saturated carbocycles. The zero-order valence-corrected chi connectivity index (χ0v) is 15.5. The number of para-hydroxylation sites is 1. The Labute approximate surface area is 157 Å². The first kappa shape index (κ1) is 17.5. The van der Waals surface area contributed by atoms with E-state index in [1.54, 1.807) is 26.5 Å². The average molecular weight is 366 g/mol. The number of ether oxygens (including phenoxy) is 2. The topological polar surface area (TPSA) is 73.5 Å². The van der Waals surface area contributed by atoms with E-state index in [0.29, 0.717) is 17.6 Å². The summed E-state index contributed by atoms with van der Waals surface area (Å²) in [5, 5.41) is 4.14. The number of methoxy groups -OCH3 is 2. The van der Waals surface area contributed by atoms with E-state index in [1.165, 1.54) is 0 Å². The number of benzene rings is 1. The van der Waals surface area contributed by atoms with E-state index >= 15 is 0 Å². The lowest BCUT2D eigenvalue weighted by atomic mass is 10.1. The minimum Gasteiger partial charge on any atom is -0.496 e. The van der Waals surface area contributed by atoms with Crippen LogP contribution in [-0.2, 0) is 6.54 Å².